The Hall–Kier alpha value is -1.38. The van der Waals surface area contributed by atoms with Gasteiger partial charge in [0.1, 0.15) is 6.79 Å². The molecular weight excluding hydrogens is 214 g/mol. The monoisotopic (exact) mass is 237 g/mol. The molecule has 0 aromatic rings. The van der Waals surface area contributed by atoms with Gasteiger partial charge in [0.15, 0.2) is 0 Å². The van der Waals surface area contributed by atoms with Gasteiger partial charge in [-0.05, 0) is 24.8 Å². The van der Waals surface area contributed by atoms with Crippen molar-refractivity contribution in [3.8, 4) is 0 Å². The van der Waals surface area contributed by atoms with Gasteiger partial charge in [0.25, 0.3) is 0 Å². The maximum absolute atomic E-state index is 11.6. The van der Waals surface area contributed by atoms with Crippen molar-refractivity contribution in [2.24, 2.45) is 5.92 Å². The molecule has 17 heavy (non-hydrogen) atoms. The number of likely N-dealkylation sites (tertiary alicyclic amines) is 1. The van der Waals surface area contributed by atoms with Gasteiger partial charge in [0.05, 0.1) is 0 Å². The van der Waals surface area contributed by atoms with Crippen LogP contribution in [-0.4, -0.2) is 30.7 Å². The van der Waals surface area contributed by atoms with E-state index in [0.717, 1.165) is 25.9 Å². The highest BCUT2D eigenvalue weighted by molar-refractivity contribution is 5.78. The summed E-state index contributed by atoms with van der Waals surface area (Å²) in [6.07, 6.45) is 8.06. The van der Waals surface area contributed by atoms with Crippen molar-refractivity contribution < 1.29 is 9.59 Å². The summed E-state index contributed by atoms with van der Waals surface area (Å²) in [5, 5.41) is 0. The molecule has 0 aromatic carbocycles. The van der Waals surface area contributed by atoms with Gasteiger partial charge in [-0.2, -0.15) is 0 Å². The first-order valence-corrected chi connectivity index (χ1v) is 6.05. The number of hydrogen-bond acceptors (Lipinski definition) is 2. The number of carbonyl (C=O) groups excluding carboxylic acids is 2. The summed E-state index contributed by atoms with van der Waals surface area (Å²) in [6.45, 7) is 9.96. The standard InChI is InChI=1S/C13H21NO.CH2O/c1-4-6-12(7-5-2)10-14-9-11(3)8-13(14)15;1-2/h4,6-7,11H,5,8-10H2,1-3H3;1H2/b6-4-,12-7+;. The summed E-state index contributed by atoms with van der Waals surface area (Å²) >= 11 is 0. The van der Waals surface area contributed by atoms with Crippen LogP contribution in [0.25, 0.3) is 0 Å². The van der Waals surface area contributed by atoms with Gasteiger partial charge < -0.3 is 9.69 Å². The van der Waals surface area contributed by atoms with Crippen LogP contribution in [0, 0.1) is 5.92 Å². The van der Waals surface area contributed by atoms with Gasteiger partial charge in [-0.25, -0.2) is 0 Å². The van der Waals surface area contributed by atoms with Crippen LogP contribution in [-0.2, 0) is 9.59 Å². The largest absolute Gasteiger partial charge is 0.338 e. The van der Waals surface area contributed by atoms with E-state index in [4.69, 9.17) is 4.79 Å². The first-order valence-electron chi connectivity index (χ1n) is 6.05. The van der Waals surface area contributed by atoms with Crippen LogP contribution in [0.1, 0.15) is 33.6 Å². The number of amides is 1. The topological polar surface area (TPSA) is 37.4 Å². The minimum absolute atomic E-state index is 0.300. The van der Waals surface area contributed by atoms with Crippen molar-refractivity contribution in [1.29, 1.82) is 0 Å². The summed E-state index contributed by atoms with van der Waals surface area (Å²) in [6, 6.07) is 0. The second kappa shape index (κ2) is 8.74. The Balaban J connectivity index is 0.00000121. The third-order valence-electron chi connectivity index (χ3n) is 2.63. The van der Waals surface area contributed by atoms with Crippen LogP contribution in [0.3, 0.4) is 0 Å². The van der Waals surface area contributed by atoms with E-state index in [0.29, 0.717) is 11.8 Å². The van der Waals surface area contributed by atoms with E-state index in [-0.39, 0.29) is 0 Å². The smallest absolute Gasteiger partial charge is 0.223 e. The molecule has 1 atom stereocenters. The molecule has 0 N–H and O–H groups in total. The van der Waals surface area contributed by atoms with Gasteiger partial charge in [0.2, 0.25) is 5.91 Å². The van der Waals surface area contributed by atoms with Crippen molar-refractivity contribution in [1.82, 2.24) is 4.90 Å². The quantitative estimate of drug-likeness (QED) is 0.705. The van der Waals surface area contributed by atoms with Crippen molar-refractivity contribution in [2.75, 3.05) is 13.1 Å². The lowest BCUT2D eigenvalue weighted by atomic mass is 10.1. The fourth-order valence-electron chi connectivity index (χ4n) is 2.00. The lowest BCUT2D eigenvalue weighted by molar-refractivity contribution is -0.127. The molecule has 1 aliphatic rings. The molecule has 1 unspecified atom stereocenters. The fraction of sp³-hybridized carbons (Fsp3) is 0.571. The second-order valence-corrected chi connectivity index (χ2v) is 4.27. The van der Waals surface area contributed by atoms with Crippen LogP contribution >= 0.6 is 0 Å². The zero-order chi connectivity index (χ0) is 13.3. The van der Waals surface area contributed by atoms with Crippen LogP contribution in [0.5, 0.6) is 0 Å². The molecule has 96 valence electrons. The Kier molecular flexibility index (Phi) is 8.03. The summed E-state index contributed by atoms with van der Waals surface area (Å²) in [7, 11) is 0. The van der Waals surface area contributed by atoms with Crippen molar-refractivity contribution in [3.63, 3.8) is 0 Å². The highest BCUT2D eigenvalue weighted by atomic mass is 16.2. The molecule has 0 radical (unpaired) electrons. The van der Waals surface area contributed by atoms with Crippen LogP contribution in [0.2, 0.25) is 0 Å². The second-order valence-electron chi connectivity index (χ2n) is 4.27. The number of rotatable bonds is 4. The van der Waals surface area contributed by atoms with Crippen LogP contribution < -0.4 is 0 Å². The molecule has 1 saturated heterocycles. The number of hydrogen-bond donors (Lipinski definition) is 0. The highest BCUT2D eigenvalue weighted by Gasteiger charge is 2.26. The van der Waals surface area contributed by atoms with Crippen LogP contribution in [0.15, 0.2) is 23.8 Å². The van der Waals surface area contributed by atoms with Crippen molar-refractivity contribution >= 4 is 12.7 Å². The van der Waals surface area contributed by atoms with E-state index in [2.05, 4.69) is 26.0 Å². The molecule has 0 bridgehead atoms. The summed E-state index contributed by atoms with van der Waals surface area (Å²) in [4.78, 5) is 21.6. The molecule has 1 fully saturated rings. The molecule has 3 nitrogen and oxygen atoms in total. The maximum atomic E-state index is 11.6. The van der Waals surface area contributed by atoms with Gasteiger partial charge >= 0.3 is 0 Å². The summed E-state index contributed by atoms with van der Waals surface area (Å²) < 4.78 is 0. The summed E-state index contributed by atoms with van der Waals surface area (Å²) in [5.41, 5.74) is 1.25. The zero-order valence-electron chi connectivity index (χ0n) is 11.1. The zero-order valence-corrected chi connectivity index (χ0v) is 11.1. The maximum Gasteiger partial charge on any atom is 0.223 e. The van der Waals surface area contributed by atoms with E-state index < -0.39 is 0 Å². The Bertz CT molecular complexity index is 295. The molecule has 0 aliphatic carbocycles. The lowest BCUT2D eigenvalue weighted by Gasteiger charge is -2.16. The molecule has 1 heterocycles. The van der Waals surface area contributed by atoms with Crippen LogP contribution in [0.4, 0.5) is 0 Å². The summed E-state index contributed by atoms with van der Waals surface area (Å²) in [5.74, 6) is 0.819. The van der Waals surface area contributed by atoms with Gasteiger partial charge in [0, 0.05) is 19.5 Å². The molecule has 0 saturated carbocycles. The molecule has 0 spiro atoms. The van der Waals surface area contributed by atoms with E-state index >= 15 is 0 Å². The Labute approximate surface area is 104 Å². The lowest BCUT2D eigenvalue weighted by Crippen LogP contribution is -2.27. The Morgan fingerprint density at radius 3 is 2.59 bits per heavy atom. The molecule has 0 aromatic heterocycles. The SMILES string of the molecule is C/C=C\C(=C/CC)CN1CC(C)CC1=O.C=O. The molecule has 1 amide bonds. The number of carbonyl (C=O) groups is 2. The molecule has 1 aliphatic heterocycles. The van der Waals surface area contributed by atoms with E-state index in [1.807, 2.05) is 24.7 Å². The van der Waals surface area contributed by atoms with E-state index in [9.17, 15) is 4.79 Å². The first kappa shape index (κ1) is 15.6. The highest BCUT2D eigenvalue weighted by Crippen LogP contribution is 2.18. The average Bonchev–Trinajstić information content (AvgIpc) is 2.61. The van der Waals surface area contributed by atoms with Gasteiger partial charge in [-0.3, -0.25) is 4.79 Å². The van der Waals surface area contributed by atoms with Gasteiger partial charge in [-0.15, -0.1) is 0 Å². The molecule has 3 heteroatoms. The first-order chi connectivity index (χ1) is 8.17. The Morgan fingerprint density at radius 1 is 1.53 bits per heavy atom. The van der Waals surface area contributed by atoms with Gasteiger partial charge in [-0.1, -0.05) is 32.1 Å². The Morgan fingerprint density at radius 2 is 2.18 bits per heavy atom. The minimum atomic E-state index is 0.300. The van der Waals surface area contributed by atoms with Crippen molar-refractivity contribution in [3.05, 3.63) is 23.8 Å². The number of nitrogens with zero attached hydrogens (tertiary/aromatic N) is 1. The third-order valence-corrected chi connectivity index (χ3v) is 2.63. The van der Waals surface area contributed by atoms with E-state index in [1.54, 1.807) is 0 Å². The molecule has 1 rings (SSSR count). The molecular formula is C14H23NO2. The fourth-order valence-corrected chi connectivity index (χ4v) is 2.00. The van der Waals surface area contributed by atoms with Crippen molar-refractivity contribution in [2.45, 2.75) is 33.6 Å². The number of allylic oxidation sites excluding steroid dienone is 2. The minimum Gasteiger partial charge on any atom is -0.338 e. The average molecular weight is 237 g/mol. The normalized spacial score (nSPS) is 20.6. The predicted molar refractivity (Wildman–Crippen MR) is 70.7 cm³/mol. The predicted octanol–water partition coefficient (Wildman–Crippen LogP) is 2.58. The van der Waals surface area contributed by atoms with E-state index in [1.165, 1.54) is 5.57 Å². The third kappa shape index (κ3) is 5.48.